The third-order valence-electron chi connectivity index (χ3n) is 7.52. The third kappa shape index (κ3) is 5.63. The summed E-state index contributed by atoms with van der Waals surface area (Å²) in [6, 6.07) is 39.1. The standard InChI is InChI=1S/C36H37BN2/c1-25-21-27(3)35(28(4)22-25)37(36-29(5)23-26(2)24-30(36)6)38-31-17-19-34(20-18-31)39(32-13-9-7-10-14-32)33-15-11-8-12-16-33/h7-24,38H,1-6H3. The summed E-state index contributed by atoms with van der Waals surface area (Å²) >= 11 is 0. The van der Waals surface area contributed by atoms with Crippen LogP contribution in [0.2, 0.25) is 0 Å². The lowest BCUT2D eigenvalue weighted by atomic mass is 9.46. The van der Waals surface area contributed by atoms with Crippen LogP contribution in [0.25, 0.3) is 0 Å². The minimum Gasteiger partial charge on any atom is -0.420 e. The van der Waals surface area contributed by atoms with Gasteiger partial charge in [0.25, 0.3) is 0 Å². The van der Waals surface area contributed by atoms with Gasteiger partial charge in [-0.15, -0.1) is 0 Å². The van der Waals surface area contributed by atoms with E-state index in [1.807, 2.05) is 0 Å². The van der Waals surface area contributed by atoms with E-state index < -0.39 is 0 Å². The molecule has 1 N–H and O–H groups in total. The van der Waals surface area contributed by atoms with Crippen molar-refractivity contribution in [1.29, 1.82) is 0 Å². The summed E-state index contributed by atoms with van der Waals surface area (Å²) in [6.45, 7) is 13.4. The molecule has 0 aliphatic carbocycles. The van der Waals surface area contributed by atoms with Gasteiger partial charge in [-0.05, 0) is 101 Å². The first-order valence-electron chi connectivity index (χ1n) is 13.7. The van der Waals surface area contributed by atoms with Crippen molar-refractivity contribution >= 4 is 40.5 Å². The lowest BCUT2D eigenvalue weighted by molar-refractivity contribution is 1.28. The summed E-state index contributed by atoms with van der Waals surface area (Å²) in [5, 5.41) is 3.94. The van der Waals surface area contributed by atoms with Gasteiger partial charge in [0.1, 0.15) is 0 Å². The van der Waals surface area contributed by atoms with E-state index >= 15 is 0 Å². The van der Waals surface area contributed by atoms with E-state index in [1.54, 1.807) is 0 Å². The van der Waals surface area contributed by atoms with Crippen LogP contribution in [0.5, 0.6) is 0 Å². The Hall–Kier alpha value is -4.24. The van der Waals surface area contributed by atoms with Gasteiger partial charge in [0.2, 0.25) is 0 Å². The fourth-order valence-corrected chi connectivity index (χ4v) is 6.06. The fourth-order valence-electron chi connectivity index (χ4n) is 6.06. The van der Waals surface area contributed by atoms with Gasteiger partial charge in [-0.3, -0.25) is 0 Å². The highest BCUT2D eigenvalue weighted by molar-refractivity contribution is 6.88. The van der Waals surface area contributed by atoms with Crippen LogP contribution < -0.4 is 21.1 Å². The normalized spacial score (nSPS) is 10.8. The molecule has 194 valence electrons. The highest BCUT2D eigenvalue weighted by Gasteiger charge is 2.27. The van der Waals surface area contributed by atoms with Gasteiger partial charge in [-0.2, -0.15) is 0 Å². The fraction of sp³-hybridized carbons (Fsp3) is 0.167. The van der Waals surface area contributed by atoms with Crippen LogP contribution in [-0.4, -0.2) is 6.85 Å². The Morgan fingerprint density at radius 2 is 0.821 bits per heavy atom. The molecule has 0 saturated heterocycles. The number of hydrogen-bond acceptors (Lipinski definition) is 2. The number of benzene rings is 5. The van der Waals surface area contributed by atoms with Gasteiger partial charge < -0.3 is 10.1 Å². The molecule has 0 saturated carbocycles. The van der Waals surface area contributed by atoms with E-state index in [4.69, 9.17) is 0 Å². The van der Waals surface area contributed by atoms with Crippen LogP contribution in [0.3, 0.4) is 0 Å². The first-order valence-corrected chi connectivity index (χ1v) is 13.7. The average molecular weight is 509 g/mol. The molecule has 0 aliphatic heterocycles. The predicted molar refractivity (Wildman–Crippen MR) is 171 cm³/mol. The first kappa shape index (κ1) is 26.4. The monoisotopic (exact) mass is 508 g/mol. The van der Waals surface area contributed by atoms with E-state index in [1.165, 1.54) is 44.3 Å². The van der Waals surface area contributed by atoms with Gasteiger partial charge in [-0.25, -0.2) is 0 Å². The third-order valence-corrected chi connectivity index (χ3v) is 7.52. The van der Waals surface area contributed by atoms with E-state index in [0.29, 0.717) is 0 Å². The molecule has 0 heterocycles. The van der Waals surface area contributed by atoms with Crippen molar-refractivity contribution in [3.63, 3.8) is 0 Å². The molecule has 5 rings (SSSR count). The minimum atomic E-state index is 0.0522. The van der Waals surface area contributed by atoms with E-state index in [-0.39, 0.29) is 6.85 Å². The molecule has 0 fully saturated rings. The van der Waals surface area contributed by atoms with Gasteiger partial charge in [0.05, 0.1) is 0 Å². The van der Waals surface area contributed by atoms with Crippen molar-refractivity contribution in [2.75, 3.05) is 10.1 Å². The van der Waals surface area contributed by atoms with Crippen LogP contribution >= 0.6 is 0 Å². The molecule has 0 atom stereocenters. The molecule has 3 heteroatoms. The second-order valence-corrected chi connectivity index (χ2v) is 10.8. The Labute approximate surface area is 234 Å². The van der Waals surface area contributed by atoms with Crippen molar-refractivity contribution in [1.82, 2.24) is 0 Å². The molecule has 0 amide bonds. The van der Waals surface area contributed by atoms with E-state index in [0.717, 1.165) is 22.7 Å². The van der Waals surface area contributed by atoms with Gasteiger partial charge >= 0.3 is 6.85 Å². The Balaban J connectivity index is 1.56. The number of para-hydroxylation sites is 2. The van der Waals surface area contributed by atoms with E-state index in [9.17, 15) is 0 Å². The zero-order valence-electron chi connectivity index (χ0n) is 23.9. The average Bonchev–Trinajstić information content (AvgIpc) is 2.90. The molecule has 5 aromatic carbocycles. The summed E-state index contributed by atoms with van der Waals surface area (Å²) in [4.78, 5) is 2.30. The maximum absolute atomic E-state index is 3.94. The Kier molecular flexibility index (Phi) is 7.61. The van der Waals surface area contributed by atoms with Crippen molar-refractivity contribution in [3.05, 3.63) is 143 Å². The summed E-state index contributed by atoms with van der Waals surface area (Å²) in [5.74, 6) is 0. The van der Waals surface area contributed by atoms with E-state index in [2.05, 4.69) is 161 Å². The molecule has 0 aliphatic rings. The molecule has 0 bridgehead atoms. The SMILES string of the molecule is Cc1cc(C)c(B(Nc2ccc(N(c3ccccc3)c3ccccc3)cc2)c2c(C)cc(C)cc2C)c(C)c1. The molecule has 39 heavy (non-hydrogen) atoms. The number of anilines is 4. The maximum Gasteiger partial charge on any atom is 0.322 e. The Bertz CT molecular complexity index is 1430. The number of nitrogens with zero attached hydrogens (tertiary/aromatic N) is 1. The van der Waals surface area contributed by atoms with Crippen molar-refractivity contribution < 1.29 is 0 Å². The van der Waals surface area contributed by atoms with Crippen molar-refractivity contribution in [2.24, 2.45) is 0 Å². The maximum atomic E-state index is 3.94. The molecule has 5 aromatic rings. The largest absolute Gasteiger partial charge is 0.420 e. The molecular weight excluding hydrogens is 471 g/mol. The molecule has 0 aromatic heterocycles. The number of rotatable bonds is 7. The van der Waals surface area contributed by atoms with Gasteiger partial charge in [-0.1, -0.05) is 94.0 Å². The lowest BCUT2D eigenvalue weighted by Gasteiger charge is -2.27. The van der Waals surface area contributed by atoms with Gasteiger partial charge in [0, 0.05) is 22.7 Å². The van der Waals surface area contributed by atoms with Crippen LogP contribution in [0.15, 0.2) is 109 Å². The van der Waals surface area contributed by atoms with Crippen molar-refractivity contribution in [2.45, 2.75) is 41.5 Å². The molecule has 0 radical (unpaired) electrons. The molecule has 2 nitrogen and oxygen atoms in total. The first-order chi connectivity index (χ1) is 18.8. The number of hydrogen-bond donors (Lipinski definition) is 1. The Morgan fingerprint density at radius 1 is 0.462 bits per heavy atom. The lowest BCUT2D eigenvalue weighted by Crippen LogP contribution is -2.53. The number of aryl methyl sites for hydroxylation is 6. The van der Waals surface area contributed by atoms with Crippen molar-refractivity contribution in [3.8, 4) is 0 Å². The summed E-state index contributed by atoms with van der Waals surface area (Å²) in [5.41, 5.74) is 15.1. The van der Waals surface area contributed by atoms with Crippen LogP contribution in [0.4, 0.5) is 22.7 Å². The predicted octanol–water partition coefficient (Wildman–Crippen LogP) is 8.22. The van der Waals surface area contributed by atoms with Crippen LogP contribution in [0.1, 0.15) is 33.4 Å². The minimum absolute atomic E-state index is 0.0522. The second kappa shape index (κ2) is 11.2. The molecule has 0 spiro atoms. The second-order valence-electron chi connectivity index (χ2n) is 10.8. The number of nitrogens with one attached hydrogen (secondary N) is 1. The Morgan fingerprint density at radius 3 is 1.21 bits per heavy atom. The topological polar surface area (TPSA) is 15.3 Å². The quantitative estimate of drug-likeness (QED) is 0.223. The highest BCUT2D eigenvalue weighted by Crippen LogP contribution is 2.34. The smallest absolute Gasteiger partial charge is 0.322 e. The summed E-state index contributed by atoms with van der Waals surface area (Å²) < 4.78 is 0. The summed E-state index contributed by atoms with van der Waals surface area (Å²) in [6.07, 6.45) is 0. The zero-order chi connectivity index (χ0) is 27.5. The summed E-state index contributed by atoms with van der Waals surface area (Å²) in [7, 11) is 0. The zero-order valence-corrected chi connectivity index (χ0v) is 23.9. The van der Waals surface area contributed by atoms with Gasteiger partial charge in [0.15, 0.2) is 0 Å². The highest BCUT2D eigenvalue weighted by atomic mass is 15.1. The van der Waals surface area contributed by atoms with Crippen LogP contribution in [-0.2, 0) is 0 Å². The molecular formula is C36H37BN2. The van der Waals surface area contributed by atoms with Crippen LogP contribution in [0, 0.1) is 41.5 Å². The molecule has 0 unspecified atom stereocenters.